The average molecular weight is 417 g/mol. The van der Waals surface area contributed by atoms with Crippen molar-refractivity contribution >= 4 is 49.0 Å². The van der Waals surface area contributed by atoms with Gasteiger partial charge in [0, 0.05) is 16.8 Å². The molecule has 0 spiro atoms. The van der Waals surface area contributed by atoms with Crippen molar-refractivity contribution in [1.29, 1.82) is 5.26 Å². The van der Waals surface area contributed by atoms with E-state index in [2.05, 4.69) is 92.4 Å². The molecule has 32 heavy (non-hydrogen) atoms. The van der Waals surface area contributed by atoms with Gasteiger partial charge in [0.25, 0.3) is 0 Å². The van der Waals surface area contributed by atoms with E-state index in [4.69, 9.17) is 0 Å². The zero-order chi connectivity index (χ0) is 22.4. The monoisotopic (exact) mass is 416 g/mol. The van der Waals surface area contributed by atoms with Crippen LogP contribution in [0.1, 0.15) is 37.5 Å². The molecule has 0 fully saturated rings. The molecule has 0 atom stereocenters. The van der Waals surface area contributed by atoms with E-state index < -0.39 is 0 Å². The van der Waals surface area contributed by atoms with Crippen molar-refractivity contribution in [3.63, 3.8) is 0 Å². The van der Waals surface area contributed by atoms with Crippen molar-refractivity contribution in [3.05, 3.63) is 71.4 Å². The third-order valence-corrected chi connectivity index (χ3v) is 6.77. The Bertz CT molecular complexity index is 1750. The lowest BCUT2D eigenvalue weighted by Crippen LogP contribution is -2.29. The van der Waals surface area contributed by atoms with Crippen LogP contribution in [0.25, 0.3) is 49.0 Å². The number of rotatable bonds is 1. The lowest BCUT2D eigenvalue weighted by molar-refractivity contribution is -0.643. The molecule has 3 aromatic carbocycles. The number of aromatic nitrogens is 2. The molecule has 0 aliphatic heterocycles. The third kappa shape index (κ3) is 2.44. The van der Waals surface area contributed by atoms with E-state index in [1.807, 2.05) is 12.1 Å². The number of nitriles is 1. The maximum absolute atomic E-state index is 9.90. The van der Waals surface area contributed by atoms with E-state index in [9.17, 15) is 5.26 Å². The van der Waals surface area contributed by atoms with Crippen LogP contribution in [0.2, 0.25) is 0 Å². The Hall–Kier alpha value is -3.64. The first-order chi connectivity index (χ1) is 15.3. The van der Waals surface area contributed by atoms with Crippen LogP contribution in [0, 0.1) is 23.7 Å². The maximum Gasteiger partial charge on any atom is 0.224 e. The van der Waals surface area contributed by atoms with Gasteiger partial charge in [-0.05, 0) is 53.5 Å². The summed E-state index contributed by atoms with van der Waals surface area (Å²) in [5.41, 5.74) is 8.35. The number of pyridine rings is 2. The highest BCUT2D eigenvalue weighted by atomic mass is 15.0. The second-order valence-electron chi connectivity index (χ2n) is 10.4. The molecule has 0 bridgehead atoms. The van der Waals surface area contributed by atoms with Crippen LogP contribution in [-0.2, 0) is 13.5 Å². The van der Waals surface area contributed by atoms with Crippen LogP contribution >= 0.6 is 0 Å². The van der Waals surface area contributed by atoms with E-state index in [1.165, 1.54) is 43.8 Å². The number of hydrogen-bond donors (Lipinski definition) is 0. The second kappa shape index (κ2) is 6.20. The van der Waals surface area contributed by atoms with Gasteiger partial charge in [0.05, 0.1) is 39.0 Å². The smallest absolute Gasteiger partial charge is 0.224 e. The predicted molar refractivity (Wildman–Crippen MR) is 132 cm³/mol. The molecule has 6 aromatic rings. The van der Waals surface area contributed by atoms with Gasteiger partial charge >= 0.3 is 0 Å². The lowest BCUT2D eigenvalue weighted by atomic mass is 9.87. The third-order valence-electron chi connectivity index (χ3n) is 6.77. The molecular formula is C29H26N3+. The van der Waals surface area contributed by atoms with Gasteiger partial charge in [-0.2, -0.15) is 5.26 Å². The summed E-state index contributed by atoms with van der Waals surface area (Å²) >= 11 is 0. The minimum absolute atomic E-state index is 0.202. The molecule has 0 saturated carbocycles. The minimum atomic E-state index is 0.202. The van der Waals surface area contributed by atoms with Crippen LogP contribution in [0.3, 0.4) is 0 Å². The van der Waals surface area contributed by atoms with Crippen molar-refractivity contribution in [1.82, 2.24) is 4.40 Å². The Kier molecular flexibility index (Phi) is 3.70. The maximum atomic E-state index is 9.90. The Morgan fingerprint density at radius 2 is 1.78 bits per heavy atom. The van der Waals surface area contributed by atoms with Crippen LogP contribution in [0.4, 0.5) is 0 Å². The molecule has 0 radical (unpaired) electrons. The largest absolute Gasteiger partial charge is 0.307 e. The van der Waals surface area contributed by atoms with Gasteiger partial charge in [-0.25, -0.2) is 4.57 Å². The molecule has 0 aliphatic rings. The number of hydrogen-bond acceptors (Lipinski definition) is 1. The summed E-state index contributed by atoms with van der Waals surface area (Å²) in [5.74, 6) is 0. The zero-order valence-corrected chi connectivity index (χ0v) is 19.2. The normalized spacial score (nSPS) is 12.6. The molecule has 0 N–H and O–H groups in total. The summed E-state index contributed by atoms with van der Waals surface area (Å²) in [6.07, 6.45) is 3.19. The highest BCUT2D eigenvalue weighted by Crippen LogP contribution is 2.42. The molecule has 3 nitrogen and oxygen atoms in total. The highest BCUT2D eigenvalue weighted by Gasteiger charge is 2.25. The van der Waals surface area contributed by atoms with Gasteiger partial charge in [-0.1, -0.05) is 45.0 Å². The first kappa shape index (κ1) is 19.1. The molecule has 3 heterocycles. The Balaban J connectivity index is 1.99. The lowest BCUT2D eigenvalue weighted by Gasteiger charge is -2.20. The van der Waals surface area contributed by atoms with E-state index in [1.54, 1.807) is 0 Å². The predicted octanol–water partition coefficient (Wildman–Crippen LogP) is 6.58. The average Bonchev–Trinajstić information content (AvgIpc) is 3.08. The summed E-state index contributed by atoms with van der Waals surface area (Å²) in [4.78, 5) is 0. The summed E-state index contributed by atoms with van der Waals surface area (Å²) in [5, 5.41) is 15.9. The summed E-state index contributed by atoms with van der Waals surface area (Å²) in [6, 6.07) is 19.9. The molecule has 3 heteroatoms. The Morgan fingerprint density at radius 1 is 0.969 bits per heavy atom. The number of fused-ring (bicyclic) bond motifs is 5. The van der Waals surface area contributed by atoms with E-state index >= 15 is 0 Å². The summed E-state index contributed by atoms with van der Waals surface area (Å²) < 4.78 is 4.67. The van der Waals surface area contributed by atoms with Gasteiger partial charge in [-0.3, -0.25) is 0 Å². The van der Waals surface area contributed by atoms with Gasteiger partial charge in [0.15, 0.2) is 6.20 Å². The zero-order valence-electron chi connectivity index (χ0n) is 19.2. The molecule has 3 aromatic heterocycles. The van der Waals surface area contributed by atoms with Crippen molar-refractivity contribution in [2.75, 3.05) is 0 Å². The topological polar surface area (TPSA) is 32.1 Å². The fourth-order valence-electron chi connectivity index (χ4n) is 5.63. The Labute approximate surface area is 187 Å². The quantitative estimate of drug-likeness (QED) is 0.169. The minimum Gasteiger partial charge on any atom is -0.307 e. The first-order valence-electron chi connectivity index (χ1n) is 11.2. The van der Waals surface area contributed by atoms with Gasteiger partial charge in [0.1, 0.15) is 7.05 Å². The van der Waals surface area contributed by atoms with Crippen molar-refractivity contribution in [2.24, 2.45) is 12.5 Å². The van der Waals surface area contributed by atoms with Crippen molar-refractivity contribution in [2.45, 2.75) is 34.1 Å². The summed E-state index contributed by atoms with van der Waals surface area (Å²) in [7, 11) is 2.14. The van der Waals surface area contributed by atoms with E-state index in [0.717, 1.165) is 28.3 Å². The van der Waals surface area contributed by atoms with Crippen LogP contribution in [0.15, 0.2) is 54.7 Å². The molecule has 0 saturated heterocycles. The molecule has 0 unspecified atom stereocenters. The van der Waals surface area contributed by atoms with Gasteiger partial charge in [0.2, 0.25) is 5.52 Å². The standard InChI is InChI=1S/C29H26N3/c1-17-9-10-21-25-20(16-30)7-6-8-22(25)32-23-14-18(15-29(2,3)4)13-19-11-12-31(5)28(26(19)23)24(17)27(21)32/h6-14H,15H2,1-5H3/q+1. The van der Waals surface area contributed by atoms with E-state index in [0.29, 0.717) is 0 Å². The number of benzene rings is 3. The number of aryl methyl sites for hydroxylation is 2. The SMILES string of the molecule is Cc1ccc2c3c(C#N)cccc3n3c4cc(CC(C)(C)C)cc5cc[n+](C)c(c1c23)c54. The van der Waals surface area contributed by atoms with Gasteiger partial charge < -0.3 is 4.40 Å². The van der Waals surface area contributed by atoms with Crippen molar-refractivity contribution in [3.8, 4) is 6.07 Å². The molecular weight excluding hydrogens is 390 g/mol. The number of nitrogens with zero attached hydrogens (tertiary/aromatic N) is 3. The van der Waals surface area contributed by atoms with Gasteiger partial charge in [-0.15, -0.1) is 0 Å². The fraction of sp³-hybridized carbons (Fsp3) is 0.241. The summed E-state index contributed by atoms with van der Waals surface area (Å²) in [6.45, 7) is 9.07. The van der Waals surface area contributed by atoms with Crippen molar-refractivity contribution < 1.29 is 4.57 Å². The molecule has 6 rings (SSSR count). The fourth-order valence-corrected chi connectivity index (χ4v) is 5.63. The first-order valence-corrected chi connectivity index (χ1v) is 11.2. The molecule has 156 valence electrons. The molecule has 0 aliphatic carbocycles. The molecule has 0 amide bonds. The van der Waals surface area contributed by atoms with Crippen LogP contribution in [0.5, 0.6) is 0 Å². The second-order valence-corrected chi connectivity index (χ2v) is 10.4. The van der Waals surface area contributed by atoms with E-state index in [-0.39, 0.29) is 5.41 Å². The Morgan fingerprint density at radius 3 is 2.53 bits per heavy atom. The van der Waals surface area contributed by atoms with Crippen LogP contribution in [-0.4, -0.2) is 4.40 Å². The van der Waals surface area contributed by atoms with Crippen LogP contribution < -0.4 is 4.57 Å². The highest BCUT2D eigenvalue weighted by molar-refractivity contribution is 6.26.